The summed E-state index contributed by atoms with van der Waals surface area (Å²) in [5.41, 5.74) is 10.6. The molecule has 0 spiro atoms. The molecule has 2 aromatic carbocycles. The number of hydrogen-bond acceptors (Lipinski definition) is 7. The van der Waals surface area contributed by atoms with Gasteiger partial charge in [0.2, 0.25) is 5.43 Å². The van der Waals surface area contributed by atoms with Gasteiger partial charge in [0.05, 0.1) is 46.2 Å². The molecule has 1 fully saturated rings. The Balaban J connectivity index is 2.18. The van der Waals surface area contributed by atoms with Gasteiger partial charge >= 0.3 is 5.97 Å². The van der Waals surface area contributed by atoms with E-state index in [1.807, 2.05) is 0 Å². The summed E-state index contributed by atoms with van der Waals surface area (Å²) < 4.78 is 36.0. The van der Waals surface area contributed by atoms with E-state index in [9.17, 15) is 19.1 Å². The molecule has 0 bridgehead atoms. The number of aliphatic hydroxyl groups is 1. The average Bonchev–Trinajstić information content (AvgIpc) is 2.77. The van der Waals surface area contributed by atoms with Crippen molar-refractivity contribution in [2.24, 2.45) is 5.73 Å². The first-order valence-electron chi connectivity index (χ1n) is 10.5. The fraction of sp³-hybridized carbons (Fsp3) is 0.304. The molecule has 0 aliphatic carbocycles. The van der Waals surface area contributed by atoms with Gasteiger partial charge in [-0.2, -0.15) is 0 Å². The largest absolute Gasteiger partial charge is 0.462 e. The summed E-state index contributed by atoms with van der Waals surface area (Å²) in [6.45, 7) is 3.12. The van der Waals surface area contributed by atoms with Gasteiger partial charge in [-0.1, -0.05) is 11.6 Å². The lowest BCUT2D eigenvalue weighted by atomic mass is 10.0. The Kier molecular flexibility index (Phi) is 6.24. The van der Waals surface area contributed by atoms with Gasteiger partial charge in [-0.05, 0) is 26.0 Å². The summed E-state index contributed by atoms with van der Waals surface area (Å²) in [7, 11) is 0. The smallest absolute Gasteiger partial charge is 0.343 e. The summed E-state index contributed by atoms with van der Waals surface area (Å²) in [5, 5.41) is 9.64. The van der Waals surface area contributed by atoms with Crippen molar-refractivity contribution < 1.29 is 23.4 Å². The summed E-state index contributed by atoms with van der Waals surface area (Å²) in [6.07, 6.45) is 1.18. The highest BCUT2D eigenvalue weighted by Crippen LogP contribution is 2.41. The van der Waals surface area contributed by atoms with Crippen LogP contribution in [0.3, 0.4) is 0 Å². The fourth-order valence-corrected chi connectivity index (χ4v) is 4.55. The molecule has 2 heterocycles. The minimum absolute atomic E-state index is 0.00392. The predicted octanol–water partition coefficient (Wildman–Crippen LogP) is 2.63. The zero-order valence-corrected chi connectivity index (χ0v) is 19.2. The van der Waals surface area contributed by atoms with Crippen molar-refractivity contribution in [3.8, 4) is 5.69 Å². The zero-order valence-electron chi connectivity index (χ0n) is 18.5. The molecule has 0 amide bonds. The lowest BCUT2D eigenvalue weighted by molar-refractivity contribution is 0.0524. The molecule has 1 aromatic heterocycles. The minimum atomic E-state index is -0.919. The van der Waals surface area contributed by atoms with E-state index in [2.05, 4.69) is 0 Å². The van der Waals surface area contributed by atoms with Crippen LogP contribution in [-0.4, -0.2) is 41.4 Å². The van der Waals surface area contributed by atoms with E-state index in [-0.39, 0.29) is 62.3 Å². The number of pyridine rings is 1. The Labute approximate surface area is 198 Å². The topological polar surface area (TPSA) is 124 Å². The van der Waals surface area contributed by atoms with Gasteiger partial charge in [-0.25, -0.2) is 13.6 Å². The Morgan fingerprint density at radius 1 is 1.32 bits per heavy atom. The second kappa shape index (κ2) is 8.86. The average molecular weight is 493 g/mol. The third kappa shape index (κ3) is 3.67. The van der Waals surface area contributed by atoms with Crippen LogP contribution < -0.4 is 21.8 Å². The van der Waals surface area contributed by atoms with Gasteiger partial charge < -0.3 is 30.8 Å². The SMILES string of the molecule is CCOC(=O)c1cn(-c2cc(N)c(F)cc2CO)c2c(Cl)c(N3CC(N)C3)c(F)c(C)c2c1=O. The number of esters is 1. The maximum atomic E-state index is 15.5. The molecule has 0 unspecified atom stereocenters. The number of nitrogens with zero attached hydrogens (tertiary/aromatic N) is 2. The summed E-state index contributed by atoms with van der Waals surface area (Å²) in [6, 6.07) is 2.13. The van der Waals surface area contributed by atoms with Crippen LogP contribution in [0.1, 0.15) is 28.4 Å². The first kappa shape index (κ1) is 23.9. The lowest BCUT2D eigenvalue weighted by Crippen LogP contribution is -2.56. The van der Waals surface area contributed by atoms with E-state index in [4.69, 9.17) is 27.8 Å². The van der Waals surface area contributed by atoms with Gasteiger partial charge in [0.15, 0.2) is 5.82 Å². The molecule has 0 saturated carbocycles. The third-order valence-electron chi connectivity index (χ3n) is 5.88. The molecular weight excluding hydrogens is 470 g/mol. The van der Waals surface area contributed by atoms with Crippen molar-refractivity contribution in [1.29, 1.82) is 0 Å². The van der Waals surface area contributed by atoms with Crippen molar-refractivity contribution in [2.45, 2.75) is 26.5 Å². The molecule has 0 radical (unpaired) electrons. The molecule has 8 nitrogen and oxygen atoms in total. The van der Waals surface area contributed by atoms with Crippen molar-refractivity contribution >= 4 is 39.8 Å². The molecule has 5 N–H and O–H groups in total. The number of aromatic nitrogens is 1. The highest BCUT2D eigenvalue weighted by atomic mass is 35.5. The number of carbonyl (C=O) groups excluding carboxylic acids is 1. The van der Waals surface area contributed by atoms with Crippen molar-refractivity contribution in [3.05, 3.63) is 61.9 Å². The monoisotopic (exact) mass is 492 g/mol. The van der Waals surface area contributed by atoms with E-state index in [0.29, 0.717) is 13.1 Å². The van der Waals surface area contributed by atoms with Crippen LogP contribution in [0.15, 0.2) is 23.1 Å². The fourth-order valence-electron chi connectivity index (χ4n) is 4.16. The van der Waals surface area contributed by atoms with Crippen LogP contribution in [0.2, 0.25) is 5.02 Å². The predicted molar refractivity (Wildman–Crippen MR) is 126 cm³/mol. The highest BCUT2D eigenvalue weighted by Gasteiger charge is 2.32. The maximum absolute atomic E-state index is 15.5. The molecular formula is C23H23ClF2N4O4. The van der Waals surface area contributed by atoms with Gasteiger partial charge in [-0.15, -0.1) is 0 Å². The van der Waals surface area contributed by atoms with Gasteiger partial charge in [0, 0.05) is 36.5 Å². The summed E-state index contributed by atoms with van der Waals surface area (Å²) in [5.74, 6) is -2.39. The normalized spacial score (nSPS) is 13.9. The van der Waals surface area contributed by atoms with Crippen LogP contribution in [0.25, 0.3) is 16.6 Å². The Hall–Kier alpha value is -3.21. The van der Waals surface area contributed by atoms with E-state index < -0.39 is 29.6 Å². The first-order chi connectivity index (χ1) is 16.1. The van der Waals surface area contributed by atoms with E-state index in [0.717, 1.165) is 6.07 Å². The number of fused-ring (bicyclic) bond motifs is 1. The van der Waals surface area contributed by atoms with Gasteiger partial charge in [-0.3, -0.25) is 4.79 Å². The van der Waals surface area contributed by atoms with Crippen LogP contribution in [0.4, 0.5) is 20.2 Å². The number of ether oxygens (including phenoxy) is 1. The standard InChI is InChI=1S/C23H23ClF2N4O4/c1-3-34-23(33)13-8-30(16-5-15(28)14(25)4-11(16)9-31)20-17(22(13)32)10(2)19(26)21(18(20)24)29-6-12(27)7-29/h4-5,8,12,31H,3,6-7,9,27-28H2,1-2H3. The van der Waals surface area contributed by atoms with Crippen molar-refractivity contribution in [2.75, 3.05) is 30.3 Å². The van der Waals surface area contributed by atoms with E-state index in [1.54, 1.807) is 11.8 Å². The second-order valence-corrected chi connectivity index (χ2v) is 8.49. The van der Waals surface area contributed by atoms with Crippen LogP contribution >= 0.6 is 11.6 Å². The lowest BCUT2D eigenvalue weighted by Gasteiger charge is -2.40. The number of rotatable bonds is 5. The number of halogens is 3. The summed E-state index contributed by atoms with van der Waals surface area (Å²) in [4.78, 5) is 27.6. The van der Waals surface area contributed by atoms with Crippen LogP contribution in [-0.2, 0) is 11.3 Å². The molecule has 1 saturated heterocycles. The number of carbonyl (C=O) groups is 1. The molecule has 0 atom stereocenters. The number of aliphatic hydroxyl groups excluding tert-OH is 1. The van der Waals surface area contributed by atoms with Crippen LogP contribution in [0, 0.1) is 18.6 Å². The quantitative estimate of drug-likeness (QED) is 0.369. The second-order valence-electron chi connectivity index (χ2n) is 8.11. The number of hydrogen-bond donors (Lipinski definition) is 3. The minimum Gasteiger partial charge on any atom is -0.462 e. The third-order valence-corrected chi connectivity index (χ3v) is 6.24. The van der Waals surface area contributed by atoms with E-state index in [1.165, 1.54) is 23.8 Å². The Morgan fingerprint density at radius 3 is 2.59 bits per heavy atom. The number of benzene rings is 2. The van der Waals surface area contributed by atoms with Gasteiger partial charge in [0.25, 0.3) is 0 Å². The van der Waals surface area contributed by atoms with Gasteiger partial charge in [0.1, 0.15) is 11.4 Å². The molecule has 11 heteroatoms. The molecule has 3 aromatic rings. The molecule has 1 aliphatic rings. The first-order valence-corrected chi connectivity index (χ1v) is 10.9. The van der Waals surface area contributed by atoms with E-state index >= 15 is 4.39 Å². The number of aryl methyl sites for hydroxylation is 1. The highest BCUT2D eigenvalue weighted by molar-refractivity contribution is 6.38. The van der Waals surface area contributed by atoms with Crippen LogP contribution in [0.5, 0.6) is 0 Å². The summed E-state index contributed by atoms with van der Waals surface area (Å²) >= 11 is 6.69. The number of nitrogens with two attached hydrogens (primary N) is 2. The molecule has 1 aliphatic heterocycles. The molecule has 34 heavy (non-hydrogen) atoms. The number of nitrogen functional groups attached to an aromatic ring is 1. The maximum Gasteiger partial charge on any atom is 0.343 e. The molecule has 4 rings (SSSR count). The van der Waals surface area contributed by atoms with Crippen molar-refractivity contribution in [1.82, 2.24) is 4.57 Å². The number of anilines is 2. The zero-order chi connectivity index (χ0) is 24.9. The Morgan fingerprint density at radius 2 is 2.00 bits per heavy atom. The van der Waals surface area contributed by atoms with Crippen molar-refractivity contribution in [3.63, 3.8) is 0 Å². The Bertz CT molecular complexity index is 1390. The molecule has 180 valence electrons.